The van der Waals surface area contributed by atoms with Crippen molar-refractivity contribution in [3.05, 3.63) is 221 Å². The highest BCUT2D eigenvalue weighted by atomic mass is 32.2. The standard InChI is InChI=1S/C31H29F3N2O2S.C25H25F3N2/c32-31(33,34)30-14-8-7-13-29(30)26-17-15-25(16-18-26)22-35-19-20-36(39(37,38)28-11-5-2-6-12-28)27(23-35)21-24-9-3-1-4-10-24;26-25(27,28)24-9-5-4-8-23(24)21-12-10-20(11-13-21)17-30-15-14-29-22(18-30)16-19-6-2-1-3-7-19/h1-18,27H,19-23H2;1-13,22,29H,14-18H2. The Morgan fingerprint density at radius 3 is 1.39 bits per heavy atom. The first-order chi connectivity index (χ1) is 33.2. The van der Waals surface area contributed by atoms with Crippen LogP contribution in [-0.4, -0.2) is 73.9 Å². The molecule has 0 bridgehead atoms. The van der Waals surface area contributed by atoms with E-state index in [2.05, 4.69) is 39.4 Å². The largest absolute Gasteiger partial charge is 0.417 e. The fourth-order valence-electron chi connectivity index (χ4n) is 9.28. The van der Waals surface area contributed by atoms with Crippen molar-refractivity contribution in [2.45, 2.75) is 55.3 Å². The summed E-state index contributed by atoms with van der Waals surface area (Å²) in [5.41, 5.74) is 4.68. The van der Waals surface area contributed by atoms with Crippen molar-refractivity contribution in [3.8, 4) is 22.3 Å². The van der Waals surface area contributed by atoms with Gasteiger partial charge in [-0.3, -0.25) is 9.80 Å². The van der Waals surface area contributed by atoms with Crippen LogP contribution >= 0.6 is 0 Å². The molecule has 1 N–H and O–H groups in total. The molecule has 0 aromatic heterocycles. The van der Waals surface area contributed by atoms with Gasteiger partial charge in [-0.15, -0.1) is 0 Å². The number of rotatable bonds is 12. The highest BCUT2D eigenvalue weighted by molar-refractivity contribution is 7.89. The Kier molecular flexibility index (Phi) is 15.8. The molecule has 0 spiro atoms. The van der Waals surface area contributed by atoms with E-state index in [1.165, 1.54) is 29.8 Å². The maximum Gasteiger partial charge on any atom is 0.417 e. The molecule has 69 heavy (non-hydrogen) atoms. The molecule has 2 atom stereocenters. The number of halogens is 6. The Morgan fingerprint density at radius 2 is 0.899 bits per heavy atom. The Morgan fingerprint density at radius 1 is 0.464 bits per heavy atom. The molecule has 9 rings (SSSR count). The van der Waals surface area contributed by atoms with E-state index in [1.807, 2.05) is 60.7 Å². The Labute approximate surface area is 400 Å². The Hall–Kier alpha value is -6.09. The molecular weight excluding hydrogens is 907 g/mol. The monoisotopic (exact) mass is 960 g/mol. The van der Waals surface area contributed by atoms with E-state index < -0.39 is 33.5 Å². The third-order valence-electron chi connectivity index (χ3n) is 12.6. The second-order valence-electron chi connectivity index (χ2n) is 17.6. The first-order valence-electron chi connectivity index (χ1n) is 23.0. The number of hydrogen-bond acceptors (Lipinski definition) is 5. The highest BCUT2D eigenvalue weighted by Crippen LogP contribution is 2.38. The Bertz CT molecular complexity index is 2830. The maximum absolute atomic E-state index is 13.6. The summed E-state index contributed by atoms with van der Waals surface area (Å²) in [4.78, 5) is 4.90. The topological polar surface area (TPSA) is 55.9 Å². The molecule has 0 radical (unpaired) electrons. The molecule has 6 nitrogen and oxygen atoms in total. The summed E-state index contributed by atoms with van der Waals surface area (Å²) < 4.78 is 109. The van der Waals surface area contributed by atoms with E-state index in [1.54, 1.807) is 71.0 Å². The van der Waals surface area contributed by atoms with Crippen LogP contribution in [0.3, 0.4) is 0 Å². The quantitative estimate of drug-likeness (QED) is 0.124. The van der Waals surface area contributed by atoms with Gasteiger partial charge in [0.15, 0.2) is 0 Å². The van der Waals surface area contributed by atoms with Crippen molar-refractivity contribution < 1.29 is 34.8 Å². The number of benzene rings is 7. The lowest BCUT2D eigenvalue weighted by Crippen LogP contribution is -2.55. The summed E-state index contributed by atoms with van der Waals surface area (Å²) in [5.74, 6) is 0. The summed E-state index contributed by atoms with van der Waals surface area (Å²) in [6.45, 7) is 5.67. The number of nitrogens with one attached hydrogen (secondary N) is 1. The summed E-state index contributed by atoms with van der Waals surface area (Å²) >= 11 is 0. The maximum atomic E-state index is 13.6. The van der Waals surface area contributed by atoms with Crippen LogP contribution in [0.15, 0.2) is 193 Å². The Balaban J connectivity index is 0.000000192. The molecule has 2 aliphatic rings. The molecule has 2 fully saturated rings. The molecule has 2 aliphatic heterocycles. The van der Waals surface area contributed by atoms with E-state index in [0.29, 0.717) is 49.8 Å². The molecule has 13 heteroatoms. The molecule has 7 aromatic carbocycles. The van der Waals surface area contributed by atoms with Crippen molar-refractivity contribution in [2.24, 2.45) is 0 Å². The van der Waals surface area contributed by atoms with Crippen LogP contribution in [0.4, 0.5) is 26.3 Å². The summed E-state index contributed by atoms with van der Waals surface area (Å²) in [7, 11) is -3.67. The van der Waals surface area contributed by atoms with Gasteiger partial charge in [-0.2, -0.15) is 30.6 Å². The number of sulfonamides is 1. The zero-order valence-corrected chi connectivity index (χ0v) is 38.8. The van der Waals surface area contributed by atoms with Gasteiger partial charge in [0.25, 0.3) is 0 Å². The van der Waals surface area contributed by atoms with Crippen molar-refractivity contribution in [1.29, 1.82) is 0 Å². The third-order valence-corrected chi connectivity index (χ3v) is 14.6. The van der Waals surface area contributed by atoms with Gasteiger partial charge < -0.3 is 5.32 Å². The van der Waals surface area contributed by atoms with Gasteiger partial charge in [-0.25, -0.2) is 8.42 Å². The smallest absolute Gasteiger partial charge is 0.311 e. The molecule has 2 unspecified atom stereocenters. The summed E-state index contributed by atoms with van der Waals surface area (Å²) in [6.07, 6.45) is -7.21. The SMILES string of the molecule is FC(F)(F)c1ccccc1-c1ccc(CN2CCNC(Cc3ccccc3)C2)cc1.O=S(=O)(c1ccccc1)N1CCN(Cc2ccc(-c3ccccc3C(F)(F)F)cc2)CC1Cc1ccccc1. The van der Waals surface area contributed by atoms with Gasteiger partial charge in [0.05, 0.1) is 16.0 Å². The lowest BCUT2D eigenvalue weighted by Gasteiger charge is -2.40. The van der Waals surface area contributed by atoms with E-state index in [4.69, 9.17) is 0 Å². The van der Waals surface area contributed by atoms with Crippen LogP contribution in [0.2, 0.25) is 0 Å². The fourth-order valence-corrected chi connectivity index (χ4v) is 10.9. The number of alkyl halides is 6. The van der Waals surface area contributed by atoms with E-state index in [-0.39, 0.29) is 22.1 Å². The lowest BCUT2D eigenvalue weighted by molar-refractivity contribution is -0.137. The first-order valence-corrected chi connectivity index (χ1v) is 24.5. The molecule has 358 valence electrons. The molecule has 7 aromatic rings. The van der Waals surface area contributed by atoms with Crippen LogP contribution in [0.25, 0.3) is 22.3 Å². The zero-order valence-electron chi connectivity index (χ0n) is 38.0. The average molecular weight is 961 g/mol. The summed E-state index contributed by atoms with van der Waals surface area (Å²) in [6, 6.07) is 54.9. The third kappa shape index (κ3) is 13.0. The number of piperazine rings is 2. The van der Waals surface area contributed by atoms with Crippen molar-refractivity contribution in [1.82, 2.24) is 19.4 Å². The minimum Gasteiger partial charge on any atom is -0.311 e. The number of hydrogen-bond donors (Lipinski definition) is 1. The van der Waals surface area contributed by atoms with Crippen molar-refractivity contribution in [2.75, 3.05) is 39.3 Å². The number of nitrogens with zero attached hydrogens (tertiary/aromatic N) is 3. The van der Waals surface area contributed by atoms with Gasteiger partial charge in [-0.1, -0.05) is 164 Å². The fraction of sp³-hybridized carbons (Fsp3) is 0.250. The molecule has 0 aliphatic carbocycles. The van der Waals surface area contributed by atoms with Gasteiger partial charge in [0.2, 0.25) is 10.0 Å². The van der Waals surface area contributed by atoms with E-state index in [0.717, 1.165) is 61.4 Å². The molecule has 2 saturated heterocycles. The van der Waals surface area contributed by atoms with Gasteiger partial charge >= 0.3 is 12.4 Å². The van der Waals surface area contributed by atoms with Crippen molar-refractivity contribution in [3.63, 3.8) is 0 Å². The van der Waals surface area contributed by atoms with Crippen LogP contribution < -0.4 is 5.32 Å². The second kappa shape index (κ2) is 22.1. The molecular formula is C56H54F6N4O2S. The van der Waals surface area contributed by atoms with E-state index in [9.17, 15) is 34.8 Å². The minimum absolute atomic E-state index is 0.152. The van der Waals surface area contributed by atoms with Gasteiger partial charge in [0, 0.05) is 64.4 Å². The average Bonchev–Trinajstić information content (AvgIpc) is 3.35. The normalized spacial score (nSPS) is 17.5. The van der Waals surface area contributed by atoms with Gasteiger partial charge in [0.1, 0.15) is 0 Å². The van der Waals surface area contributed by atoms with Crippen LogP contribution in [0.1, 0.15) is 33.4 Å². The van der Waals surface area contributed by atoms with Crippen LogP contribution in [0.5, 0.6) is 0 Å². The first kappa shape index (κ1) is 49.3. The predicted molar refractivity (Wildman–Crippen MR) is 261 cm³/mol. The van der Waals surface area contributed by atoms with Crippen molar-refractivity contribution >= 4 is 10.0 Å². The van der Waals surface area contributed by atoms with Gasteiger partial charge in [-0.05, 0) is 81.6 Å². The minimum atomic E-state index is -4.43. The van der Waals surface area contributed by atoms with Crippen LogP contribution in [0, 0.1) is 0 Å². The summed E-state index contributed by atoms with van der Waals surface area (Å²) in [5, 5.41) is 3.59. The zero-order chi connectivity index (χ0) is 48.4. The molecule has 2 heterocycles. The van der Waals surface area contributed by atoms with E-state index >= 15 is 0 Å². The second-order valence-corrected chi connectivity index (χ2v) is 19.5. The highest BCUT2D eigenvalue weighted by Gasteiger charge is 2.37. The lowest BCUT2D eigenvalue weighted by atomic mass is 9.98. The predicted octanol–water partition coefficient (Wildman–Crippen LogP) is 11.9. The molecule has 0 amide bonds. The molecule has 0 saturated carbocycles. The van der Waals surface area contributed by atoms with Crippen LogP contribution in [-0.2, 0) is 48.3 Å².